The number of carbonyl (C=O) groups is 4. The number of cyclic esters (lactones) is 2. The Kier molecular flexibility index (Phi) is 17.3. The Balaban J connectivity index is 0.000000576. The minimum Gasteiger partial charge on any atom is -0.465 e. The van der Waals surface area contributed by atoms with E-state index >= 15 is 0 Å². The summed E-state index contributed by atoms with van der Waals surface area (Å²) in [6, 6.07) is 0. The number of hydrogen-bond donors (Lipinski definition) is 1. The van der Waals surface area contributed by atoms with Crippen molar-refractivity contribution in [3.05, 3.63) is 0 Å². The van der Waals surface area contributed by atoms with Crippen molar-refractivity contribution in [1.82, 2.24) is 0 Å². The molecule has 0 aromatic carbocycles. The van der Waals surface area contributed by atoms with Gasteiger partial charge in [-0.05, 0) is 44.9 Å². The fraction of sp³-hybridized carbons (Fsp3) is 0.846. The van der Waals surface area contributed by atoms with Crippen LogP contribution in [0, 0.1) is 23.7 Å². The van der Waals surface area contributed by atoms with Crippen LogP contribution in [0.1, 0.15) is 98.8 Å². The van der Waals surface area contributed by atoms with Crippen LogP contribution in [-0.4, -0.2) is 48.8 Å². The van der Waals surface area contributed by atoms with Gasteiger partial charge in [0.25, 0.3) is 0 Å². The Bertz CT molecular complexity index is 566. The summed E-state index contributed by atoms with van der Waals surface area (Å²) in [6.45, 7) is 7.04. The molecule has 4 atom stereocenters. The summed E-state index contributed by atoms with van der Waals surface area (Å²) in [5.74, 6) is -1.83. The fourth-order valence-electron chi connectivity index (χ4n) is 4.26. The van der Waals surface area contributed by atoms with Gasteiger partial charge in [0, 0.05) is 6.61 Å². The van der Waals surface area contributed by atoms with E-state index in [0.29, 0.717) is 19.8 Å². The maximum absolute atomic E-state index is 11.9. The zero-order chi connectivity index (χ0) is 24.6. The Morgan fingerprint density at radius 1 is 0.765 bits per heavy atom. The second-order valence-corrected chi connectivity index (χ2v) is 8.79. The Hall–Kier alpha value is -1.96. The zero-order valence-electron chi connectivity index (χ0n) is 20.5. The standard InChI is InChI=1S/C14H24O4.C8H10O3.C3H8O.CH4/c1-3-9-17-13(15)11-7-5-6-8-12(11)14(16)18-10-4-2;9-7-5-3-1-2-4-6(5)8(10)11-7;1-2-3-4;/h11-12H,3-10H2,1-2H3;5-6H,1-4H2;4H,2-3H2,1H3;1H4. The summed E-state index contributed by atoms with van der Waals surface area (Å²) >= 11 is 0. The average Bonchev–Trinajstić information content (AvgIpc) is 3.15. The lowest BCUT2D eigenvalue weighted by atomic mass is 9.79. The molecule has 8 heteroatoms. The van der Waals surface area contributed by atoms with E-state index in [0.717, 1.165) is 70.6 Å². The first kappa shape index (κ1) is 32.0. The van der Waals surface area contributed by atoms with Crippen molar-refractivity contribution < 1.29 is 38.5 Å². The van der Waals surface area contributed by atoms with Crippen LogP contribution < -0.4 is 0 Å². The van der Waals surface area contributed by atoms with Gasteiger partial charge in [-0.15, -0.1) is 0 Å². The highest BCUT2D eigenvalue weighted by molar-refractivity contribution is 5.96. The maximum atomic E-state index is 11.9. The number of esters is 4. The number of aliphatic hydroxyl groups excluding tert-OH is 1. The number of ether oxygens (including phenoxy) is 3. The molecule has 0 aromatic rings. The smallest absolute Gasteiger partial charge is 0.317 e. The van der Waals surface area contributed by atoms with Gasteiger partial charge in [-0.3, -0.25) is 19.2 Å². The first-order valence-electron chi connectivity index (χ1n) is 12.6. The summed E-state index contributed by atoms with van der Waals surface area (Å²) in [4.78, 5) is 45.8. The van der Waals surface area contributed by atoms with Crippen LogP contribution >= 0.6 is 0 Å². The summed E-state index contributed by atoms with van der Waals surface area (Å²) in [5, 5.41) is 7.88. The Morgan fingerprint density at radius 3 is 1.44 bits per heavy atom. The quantitative estimate of drug-likeness (QED) is 0.315. The summed E-state index contributed by atoms with van der Waals surface area (Å²) in [6.07, 6.45) is 9.76. The molecule has 1 N–H and O–H groups in total. The van der Waals surface area contributed by atoms with Gasteiger partial charge < -0.3 is 19.3 Å². The summed E-state index contributed by atoms with van der Waals surface area (Å²) in [5.41, 5.74) is 0. The molecule has 0 bridgehead atoms. The molecule has 1 aliphatic heterocycles. The highest BCUT2D eigenvalue weighted by atomic mass is 16.6. The third-order valence-electron chi connectivity index (χ3n) is 6.06. The fourth-order valence-corrected chi connectivity index (χ4v) is 4.26. The summed E-state index contributed by atoms with van der Waals surface area (Å²) < 4.78 is 14.9. The van der Waals surface area contributed by atoms with Gasteiger partial charge in [-0.2, -0.15) is 0 Å². The zero-order valence-corrected chi connectivity index (χ0v) is 20.5. The second-order valence-electron chi connectivity index (χ2n) is 8.79. The van der Waals surface area contributed by atoms with Crippen molar-refractivity contribution in [3.8, 4) is 0 Å². The van der Waals surface area contributed by atoms with Gasteiger partial charge >= 0.3 is 23.9 Å². The number of carbonyl (C=O) groups excluding carboxylic acids is 4. The number of hydrogen-bond acceptors (Lipinski definition) is 8. The van der Waals surface area contributed by atoms with Crippen LogP contribution in [0.25, 0.3) is 0 Å². The summed E-state index contributed by atoms with van der Waals surface area (Å²) in [7, 11) is 0. The molecule has 1 heterocycles. The van der Waals surface area contributed by atoms with Gasteiger partial charge in [0.05, 0.1) is 36.9 Å². The first-order valence-corrected chi connectivity index (χ1v) is 12.6. The monoisotopic (exact) mass is 486 g/mol. The molecular formula is C26H46O8. The van der Waals surface area contributed by atoms with Crippen molar-refractivity contribution in [2.75, 3.05) is 19.8 Å². The van der Waals surface area contributed by atoms with Crippen molar-refractivity contribution in [2.45, 2.75) is 98.8 Å². The minimum atomic E-state index is -0.297. The molecule has 8 nitrogen and oxygen atoms in total. The topological polar surface area (TPSA) is 116 Å². The second kappa shape index (κ2) is 18.4. The molecule has 4 unspecified atom stereocenters. The van der Waals surface area contributed by atoms with Gasteiger partial charge in [-0.1, -0.05) is 53.9 Å². The first-order chi connectivity index (χ1) is 15.9. The highest BCUT2D eigenvalue weighted by Gasteiger charge is 2.45. The minimum absolute atomic E-state index is 0. The maximum Gasteiger partial charge on any atom is 0.317 e. The van der Waals surface area contributed by atoms with Crippen LogP contribution in [0.5, 0.6) is 0 Å². The third-order valence-corrected chi connectivity index (χ3v) is 6.06. The van der Waals surface area contributed by atoms with Crippen LogP contribution in [0.3, 0.4) is 0 Å². The average molecular weight is 487 g/mol. The van der Waals surface area contributed by atoms with E-state index < -0.39 is 0 Å². The van der Waals surface area contributed by atoms with E-state index in [2.05, 4.69) is 4.74 Å². The molecule has 0 amide bonds. The Labute approximate surface area is 205 Å². The molecule has 3 rings (SSSR count). The Morgan fingerprint density at radius 2 is 1.12 bits per heavy atom. The number of fused-ring (bicyclic) bond motifs is 1. The largest absolute Gasteiger partial charge is 0.465 e. The number of aliphatic hydroxyl groups is 1. The molecular weight excluding hydrogens is 440 g/mol. The van der Waals surface area contributed by atoms with Crippen molar-refractivity contribution in [3.63, 3.8) is 0 Å². The molecule has 34 heavy (non-hydrogen) atoms. The molecule has 198 valence electrons. The van der Waals surface area contributed by atoms with Gasteiger partial charge in [0.1, 0.15) is 0 Å². The molecule has 3 aliphatic rings. The van der Waals surface area contributed by atoms with E-state index in [1.54, 1.807) is 0 Å². The van der Waals surface area contributed by atoms with E-state index in [1.807, 2.05) is 20.8 Å². The van der Waals surface area contributed by atoms with E-state index in [4.69, 9.17) is 14.6 Å². The molecule has 0 radical (unpaired) electrons. The van der Waals surface area contributed by atoms with Crippen molar-refractivity contribution in [1.29, 1.82) is 0 Å². The normalized spacial score (nSPS) is 25.2. The molecule has 0 aromatic heterocycles. The van der Waals surface area contributed by atoms with E-state index in [-0.39, 0.29) is 55.0 Å². The van der Waals surface area contributed by atoms with Crippen LogP contribution in [0.15, 0.2) is 0 Å². The van der Waals surface area contributed by atoms with Crippen LogP contribution in [0.4, 0.5) is 0 Å². The lowest BCUT2D eigenvalue weighted by Crippen LogP contribution is -2.35. The molecule has 0 spiro atoms. The highest BCUT2D eigenvalue weighted by Crippen LogP contribution is 2.36. The lowest BCUT2D eigenvalue weighted by molar-refractivity contribution is -0.162. The van der Waals surface area contributed by atoms with Crippen LogP contribution in [-0.2, 0) is 33.4 Å². The molecule has 2 aliphatic carbocycles. The third kappa shape index (κ3) is 10.5. The van der Waals surface area contributed by atoms with Crippen molar-refractivity contribution in [2.24, 2.45) is 23.7 Å². The van der Waals surface area contributed by atoms with Gasteiger partial charge in [-0.25, -0.2) is 0 Å². The molecule has 3 fully saturated rings. The predicted molar refractivity (Wildman–Crippen MR) is 129 cm³/mol. The van der Waals surface area contributed by atoms with E-state index in [9.17, 15) is 19.2 Å². The van der Waals surface area contributed by atoms with E-state index in [1.165, 1.54) is 0 Å². The lowest BCUT2D eigenvalue weighted by Gasteiger charge is -2.28. The molecule has 1 saturated heterocycles. The molecule has 2 saturated carbocycles. The predicted octanol–water partition coefficient (Wildman–Crippen LogP) is 4.60. The van der Waals surface area contributed by atoms with Crippen LogP contribution in [0.2, 0.25) is 0 Å². The number of rotatable bonds is 7. The van der Waals surface area contributed by atoms with Gasteiger partial charge in [0.2, 0.25) is 0 Å². The SMILES string of the molecule is C.CCCO.CCCOC(=O)C1CCCCC1C(=O)OCCC.O=C1OC(=O)C2CCCCC12. The van der Waals surface area contributed by atoms with Gasteiger partial charge in [0.15, 0.2) is 0 Å². The van der Waals surface area contributed by atoms with Crippen molar-refractivity contribution >= 4 is 23.9 Å².